The third-order valence-corrected chi connectivity index (χ3v) is 8.18. The second-order valence-corrected chi connectivity index (χ2v) is 11.7. The second-order valence-electron chi connectivity index (χ2n) is 10.5. The number of hydrogen-bond donors (Lipinski definition) is 5. The average molecular weight is 605 g/mol. The minimum atomic E-state index is -0.923. The fourth-order valence-corrected chi connectivity index (χ4v) is 5.58. The monoisotopic (exact) mass is 604 g/mol. The minimum Gasteiger partial charge on any atom is -0.486 e. The quantitative estimate of drug-likeness (QED) is 0.0854. The molecule has 3 aliphatic rings. The van der Waals surface area contributed by atoms with E-state index in [1.807, 2.05) is 18.2 Å². The summed E-state index contributed by atoms with van der Waals surface area (Å²) in [4.78, 5) is 40.2. The summed E-state index contributed by atoms with van der Waals surface area (Å²) in [7, 11) is 0. The molecule has 7 N–H and O–H groups in total. The molecule has 2 amide bonds. The highest BCUT2D eigenvalue weighted by molar-refractivity contribution is 7.88. The first-order valence-electron chi connectivity index (χ1n) is 13.0. The lowest BCUT2D eigenvalue weighted by Crippen LogP contribution is -2.76. The number of nitrogens with one attached hydrogen (secondary N) is 2. The van der Waals surface area contributed by atoms with Crippen LogP contribution in [0.4, 0.5) is 5.13 Å². The molecule has 3 aliphatic heterocycles. The Bertz CT molecular complexity index is 1380. The number of rotatable bonds is 10. The summed E-state index contributed by atoms with van der Waals surface area (Å²) >= 11 is 1.19. The van der Waals surface area contributed by atoms with Crippen molar-refractivity contribution < 1.29 is 28.0 Å². The highest BCUT2D eigenvalue weighted by atomic mass is 32.2. The zero-order valence-electron chi connectivity index (χ0n) is 22.7. The molecule has 0 bridgehead atoms. The van der Waals surface area contributed by atoms with E-state index in [1.54, 1.807) is 26.2 Å². The van der Waals surface area contributed by atoms with Gasteiger partial charge in [-0.25, -0.2) is 4.98 Å². The maximum Gasteiger partial charge on any atom is 0.276 e. The Morgan fingerprint density at radius 3 is 2.83 bits per heavy atom. The van der Waals surface area contributed by atoms with Gasteiger partial charge >= 0.3 is 0 Å². The van der Waals surface area contributed by atoms with Gasteiger partial charge in [-0.15, -0.1) is 11.3 Å². The topological polar surface area (TPSA) is 199 Å². The molecule has 3 atom stereocenters. The van der Waals surface area contributed by atoms with E-state index < -0.39 is 29.5 Å². The van der Waals surface area contributed by atoms with Crippen LogP contribution in [0.15, 0.2) is 33.7 Å². The molecule has 16 heteroatoms. The van der Waals surface area contributed by atoms with Crippen LogP contribution in [-0.4, -0.2) is 80.9 Å². The van der Waals surface area contributed by atoms with Crippen LogP contribution in [0.3, 0.4) is 0 Å². The summed E-state index contributed by atoms with van der Waals surface area (Å²) in [6, 6.07) is 5.06. The van der Waals surface area contributed by atoms with E-state index >= 15 is 0 Å². The first kappa shape index (κ1) is 29.1. The first-order valence-corrected chi connectivity index (χ1v) is 14.6. The van der Waals surface area contributed by atoms with Gasteiger partial charge in [0.1, 0.15) is 29.4 Å². The van der Waals surface area contributed by atoms with Gasteiger partial charge in [0.25, 0.3) is 11.8 Å². The number of hydroxylamine groups is 2. The number of amides is 2. The molecule has 0 saturated carbocycles. The molecule has 5 rings (SSSR count). The molecule has 1 aromatic heterocycles. The van der Waals surface area contributed by atoms with E-state index in [0.717, 1.165) is 52.8 Å². The van der Waals surface area contributed by atoms with E-state index in [1.165, 1.54) is 0 Å². The van der Waals surface area contributed by atoms with E-state index in [9.17, 15) is 9.59 Å². The van der Waals surface area contributed by atoms with Crippen molar-refractivity contribution in [2.75, 3.05) is 18.8 Å². The van der Waals surface area contributed by atoms with Gasteiger partial charge < -0.3 is 36.2 Å². The second kappa shape index (κ2) is 11.8. The zero-order valence-corrected chi connectivity index (χ0v) is 24.3. The molecular formula is C25H32N8O6S2. The third-order valence-electron chi connectivity index (χ3n) is 7.29. The van der Waals surface area contributed by atoms with Crippen molar-refractivity contribution in [1.82, 2.24) is 20.7 Å². The van der Waals surface area contributed by atoms with Crippen molar-refractivity contribution in [1.29, 1.82) is 0 Å². The summed E-state index contributed by atoms with van der Waals surface area (Å²) in [6.45, 7) is 6.84. The van der Waals surface area contributed by atoms with Crippen LogP contribution in [-0.2, 0) is 25.1 Å². The molecule has 2 aromatic rings. The van der Waals surface area contributed by atoms with E-state index in [4.69, 9.17) is 29.9 Å². The zero-order chi connectivity index (χ0) is 29.3. The highest BCUT2D eigenvalue weighted by Gasteiger charge is 2.57. The van der Waals surface area contributed by atoms with E-state index in [-0.39, 0.29) is 41.0 Å². The number of benzene rings is 1. The van der Waals surface area contributed by atoms with Crippen LogP contribution in [0.25, 0.3) is 0 Å². The molecular weight excluding hydrogens is 572 g/mol. The molecule has 1 aromatic carbocycles. The van der Waals surface area contributed by atoms with Gasteiger partial charge in [0, 0.05) is 24.0 Å². The standard InChI is InChI=1S/C25H32N8O6S2/c1-12(17-6-4-13-8-14(5-7-18(13)37-17)21(26)29-15-9-28-10-15)38-32-19(16-11-40-24(27)30-16)22(34)31-20-23(35)33(39-41-36)25(20,2)3/h5,7-8,11-12,15,17,20,28,36H,4,6,9-10H2,1-3H3,(H2,26,29)(H2,27,30)(H,31,34)/b32-19-. The van der Waals surface area contributed by atoms with Gasteiger partial charge in [0.2, 0.25) is 0 Å². The van der Waals surface area contributed by atoms with Crippen LogP contribution >= 0.6 is 23.7 Å². The Balaban J connectivity index is 1.26. The molecule has 220 valence electrons. The Labute approximate surface area is 244 Å². The first-order chi connectivity index (χ1) is 19.6. The van der Waals surface area contributed by atoms with Gasteiger partial charge in [-0.3, -0.25) is 14.6 Å². The van der Waals surface area contributed by atoms with Crippen molar-refractivity contribution in [2.24, 2.45) is 15.9 Å². The van der Waals surface area contributed by atoms with E-state index in [2.05, 4.69) is 25.8 Å². The molecule has 2 saturated heterocycles. The number of amidine groups is 1. The maximum absolute atomic E-state index is 13.3. The number of carbonyl (C=O) groups is 2. The van der Waals surface area contributed by atoms with Crippen molar-refractivity contribution in [3.63, 3.8) is 0 Å². The summed E-state index contributed by atoms with van der Waals surface area (Å²) in [6.07, 6.45) is 0.545. The molecule has 41 heavy (non-hydrogen) atoms. The number of ether oxygens (including phenoxy) is 1. The van der Waals surface area contributed by atoms with E-state index in [0.29, 0.717) is 12.3 Å². The molecule has 3 unspecified atom stereocenters. The number of nitrogens with zero attached hydrogens (tertiary/aromatic N) is 4. The van der Waals surface area contributed by atoms with Gasteiger partial charge in [-0.2, -0.15) is 9.35 Å². The number of nitrogen functional groups attached to an aromatic ring is 1. The predicted octanol–water partition coefficient (Wildman–Crippen LogP) is 1.06. The number of thiazole rings is 1. The Morgan fingerprint density at radius 2 is 2.20 bits per heavy atom. The normalized spacial score (nSPS) is 23.1. The SMILES string of the molecule is CC(O/N=C(\C(=O)NC1C(=O)N(OSO)C1(C)C)c1csc(N)n1)C1CCc2cc(C(N)=NC3CNC3)ccc2O1. The largest absolute Gasteiger partial charge is 0.486 e. The van der Waals surface area contributed by atoms with Crippen LogP contribution in [0.1, 0.15) is 44.0 Å². The number of aromatic nitrogens is 1. The van der Waals surface area contributed by atoms with Crippen molar-refractivity contribution in [3.05, 3.63) is 40.4 Å². The lowest BCUT2D eigenvalue weighted by atomic mass is 9.84. The number of fused-ring (bicyclic) bond motifs is 1. The summed E-state index contributed by atoms with van der Waals surface area (Å²) in [5.41, 5.74) is 13.0. The molecule has 0 radical (unpaired) electrons. The number of aliphatic imine (C=N–C) groups is 1. The number of oxime groups is 1. The molecule has 4 heterocycles. The van der Waals surface area contributed by atoms with Crippen LogP contribution in [0.5, 0.6) is 5.75 Å². The summed E-state index contributed by atoms with van der Waals surface area (Å²) in [5, 5.41) is 12.8. The Kier molecular flexibility index (Phi) is 8.37. The predicted molar refractivity (Wildman–Crippen MR) is 154 cm³/mol. The number of hydrogen-bond acceptors (Lipinski definition) is 13. The average Bonchev–Trinajstić information content (AvgIpc) is 3.36. The van der Waals surface area contributed by atoms with Gasteiger partial charge in [0.15, 0.2) is 29.3 Å². The van der Waals surface area contributed by atoms with Gasteiger partial charge in [-0.1, -0.05) is 5.16 Å². The number of nitrogens with two attached hydrogens (primary N) is 2. The minimum absolute atomic E-state index is 0.0471. The molecule has 0 aliphatic carbocycles. The lowest BCUT2D eigenvalue weighted by molar-refractivity contribution is -0.214. The fraction of sp³-hybridized carbons (Fsp3) is 0.480. The fourth-order valence-electron chi connectivity index (χ4n) is 4.70. The number of carbonyl (C=O) groups excluding carboxylic acids is 2. The van der Waals surface area contributed by atoms with Crippen LogP contribution in [0, 0.1) is 0 Å². The number of anilines is 1. The summed E-state index contributed by atoms with van der Waals surface area (Å²) in [5.74, 6) is 0.0400. The van der Waals surface area contributed by atoms with Crippen molar-refractivity contribution in [2.45, 2.75) is 63.4 Å². The Morgan fingerprint density at radius 1 is 1.41 bits per heavy atom. The smallest absolute Gasteiger partial charge is 0.276 e. The van der Waals surface area contributed by atoms with Crippen molar-refractivity contribution in [3.8, 4) is 5.75 Å². The van der Waals surface area contributed by atoms with Crippen LogP contribution in [0.2, 0.25) is 0 Å². The summed E-state index contributed by atoms with van der Waals surface area (Å²) < 4.78 is 20.0. The highest BCUT2D eigenvalue weighted by Crippen LogP contribution is 2.34. The molecule has 2 fully saturated rings. The van der Waals surface area contributed by atoms with Crippen molar-refractivity contribution >= 4 is 52.2 Å². The molecule has 0 spiro atoms. The van der Waals surface area contributed by atoms with Gasteiger partial charge in [-0.05, 0) is 57.4 Å². The maximum atomic E-state index is 13.3. The lowest BCUT2D eigenvalue weighted by Gasteiger charge is -2.50. The number of β-lactam (4-membered cyclic amide) rings is 1. The molecule has 14 nitrogen and oxygen atoms in total. The number of aryl methyl sites for hydroxylation is 1. The third kappa shape index (κ3) is 5.97. The Hall–Kier alpha value is -3.44. The van der Waals surface area contributed by atoms with Gasteiger partial charge in [0.05, 0.1) is 11.6 Å². The van der Waals surface area contributed by atoms with Crippen LogP contribution < -0.4 is 26.8 Å².